The maximum Gasteiger partial charge on any atom is 0.251 e. The Labute approximate surface area is 170 Å². The second kappa shape index (κ2) is 9.18. The first-order valence-corrected chi connectivity index (χ1v) is 9.60. The summed E-state index contributed by atoms with van der Waals surface area (Å²) in [6.07, 6.45) is 0. The van der Waals surface area contributed by atoms with E-state index in [1.165, 1.54) is 0 Å². The molecule has 2 heterocycles. The van der Waals surface area contributed by atoms with Crippen LogP contribution in [0.4, 0.5) is 5.82 Å². The molecule has 0 spiro atoms. The highest BCUT2D eigenvalue weighted by atomic mass is 16.5. The molecule has 8 heteroatoms. The Morgan fingerprint density at radius 2 is 1.83 bits per heavy atom. The summed E-state index contributed by atoms with van der Waals surface area (Å²) in [5.41, 5.74) is 2.54. The molecule has 0 atom stereocenters. The zero-order chi connectivity index (χ0) is 20.8. The van der Waals surface area contributed by atoms with Gasteiger partial charge in [0.1, 0.15) is 17.4 Å². The van der Waals surface area contributed by atoms with E-state index in [2.05, 4.69) is 25.7 Å². The van der Waals surface area contributed by atoms with Gasteiger partial charge in [0.2, 0.25) is 0 Å². The average molecular weight is 394 g/mol. The number of carbonyl (C=O) groups is 1. The maximum atomic E-state index is 12.2. The lowest BCUT2D eigenvalue weighted by atomic mass is 10.2. The number of aromatic nitrogens is 4. The van der Waals surface area contributed by atoms with Gasteiger partial charge in [-0.3, -0.25) is 4.79 Å². The van der Waals surface area contributed by atoms with E-state index in [1.54, 1.807) is 28.9 Å². The summed E-state index contributed by atoms with van der Waals surface area (Å²) in [5, 5.41) is 10.6. The van der Waals surface area contributed by atoms with Gasteiger partial charge in [-0.15, -0.1) is 0 Å². The molecule has 2 aromatic heterocycles. The molecule has 3 aromatic rings. The number of rotatable bonds is 8. The number of hydrogen-bond donors (Lipinski definition) is 2. The predicted octanol–water partition coefficient (Wildman–Crippen LogP) is 2.83. The van der Waals surface area contributed by atoms with Gasteiger partial charge in [0.25, 0.3) is 5.91 Å². The van der Waals surface area contributed by atoms with Crippen molar-refractivity contribution < 1.29 is 9.53 Å². The van der Waals surface area contributed by atoms with Gasteiger partial charge >= 0.3 is 0 Å². The van der Waals surface area contributed by atoms with Crippen molar-refractivity contribution in [2.24, 2.45) is 0 Å². The molecule has 0 aliphatic carbocycles. The molecule has 0 aliphatic rings. The lowest BCUT2D eigenvalue weighted by Gasteiger charge is -2.10. The van der Waals surface area contributed by atoms with Crippen LogP contribution in [0.2, 0.25) is 0 Å². The van der Waals surface area contributed by atoms with Crippen LogP contribution >= 0.6 is 0 Å². The van der Waals surface area contributed by atoms with Crippen LogP contribution in [-0.2, 0) is 0 Å². The van der Waals surface area contributed by atoms with Gasteiger partial charge < -0.3 is 15.4 Å². The number of amides is 1. The van der Waals surface area contributed by atoms with Crippen molar-refractivity contribution in [3.05, 3.63) is 59.2 Å². The Kier molecular flexibility index (Phi) is 6.43. The van der Waals surface area contributed by atoms with Gasteiger partial charge in [0.05, 0.1) is 12.3 Å². The number of nitrogens with zero attached hydrogens (tertiary/aromatic N) is 4. The van der Waals surface area contributed by atoms with Crippen LogP contribution in [0.1, 0.15) is 34.5 Å². The van der Waals surface area contributed by atoms with Crippen molar-refractivity contribution >= 4 is 11.7 Å². The molecule has 29 heavy (non-hydrogen) atoms. The SMILES string of the molecule is CCOc1ccc(C(=O)NCCNc2cc(-n3nc(C)cc3C)nc(C)n2)cc1. The summed E-state index contributed by atoms with van der Waals surface area (Å²) < 4.78 is 7.18. The topological polar surface area (TPSA) is 94.0 Å². The standard InChI is InChI=1S/C21H26N6O2/c1-5-29-18-8-6-17(7-9-18)21(28)23-11-10-22-19-13-20(25-16(4)24-19)27-15(3)12-14(2)26-27/h6-9,12-13H,5,10-11H2,1-4H3,(H,23,28)(H,22,24,25). The molecule has 3 rings (SSSR count). The Morgan fingerprint density at radius 1 is 1.07 bits per heavy atom. The van der Waals surface area contributed by atoms with Crippen molar-refractivity contribution in [2.75, 3.05) is 25.0 Å². The molecule has 152 valence electrons. The van der Waals surface area contributed by atoms with E-state index in [0.717, 1.165) is 17.1 Å². The quantitative estimate of drug-likeness (QED) is 0.571. The molecule has 0 saturated carbocycles. The number of anilines is 1. The second-order valence-electron chi connectivity index (χ2n) is 6.64. The number of carbonyl (C=O) groups excluding carboxylic acids is 1. The lowest BCUT2D eigenvalue weighted by Crippen LogP contribution is -2.29. The second-order valence-corrected chi connectivity index (χ2v) is 6.64. The normalized spacial score (nSPS) is 10.6. The first-order chi connectivity index (χ1) is 14.0. The summed E-state index contributed by atoms with van der Waals surface area (Å²) in [4.78, 5) is 21.1. The fourth-order valence-corrected chi connectivity index (χ4v) is 2.95. The number of aryl methyl sites for hydroxylation is 3. The Morgan fingerprint density at radius 3 is 2.48 bits per heavy atom. The highest BCUT2D eigenvalue weighted by Crippen LogP contribution is 2.14. The number of nitrogens with one attached hydrogen (secondary N) is 2. The zero-order valence-corrected chi connectivity index (χ0v) is 17.2. The monoisotopic (exact) mass is 394 g/mol. The van der Waals surface area contributed by atoms with Crippen LogP contribution in [0.25, 0.3) is 5.82 Å². The molecular formula is C21H26N6O2. The van der Waals surface area contributed by atoms with Gasteiger partial charge in [0.15, 0.2) is 5.82 Å². The maximum absolute atomic E-state index is 12.2. The fourth-order valence-electron chi connectivity index (χ4n) is 2.95. The van der Waals surface area contributed by atoms with Gasteiger partial charge in [-0.2, -0.15) is 5.10 Å². The lowest BCUT2D eigenvalue weighted by molar-refractivity contribution is 0.0955. The third-order valence-electron chi connectivity index (χ3n) is 4.20. The highest BCUT2D eigenvalue weighted by molar-refractivity contribution is 5.94. The number of hydrogen-bond acceptors (Lipinski definition) is 6. The summed E-state index contributed by atoms with van der Waals surface area (Å²) >= 11 is 0. The summed E-state index contributed by atoms with van der Waals surface area (Å²) in [7, 11) is 0. The van der Waals surface area contributed by atoms with E-state index in [-0.39, 0.29) is 5.91 Å². The van der Waals surface area contributed by atoms with E-state index >= 15 is 0 Å². The van der Waals surface area contributed by atoms with Crippen LogP contribution < -0.4 is 15.4 Å². The Bertz CT molecular complexity index is 981. The summed E-state index contributed by atoms with van der Waals surface area (Å²) in [5.74, 6) is 2.68. The molecule has 0 bridgehead atoms. The number of ether oxygens (including phenoxy) is 1. The number of benzene rings is 1. The summed E-state index contributed by atoms with van der Waals surface area (Å²) in [6.45, 7) is 9.30. The summed E-state index contributed by atoms with van der Waals surface area (Å²) in [6, 6.07) is 10.9. The largest absolute Gasteiger partial charge is 0.494 e. The van der Waals surface area contributed by atoms with Crippen LogP contribution in [0, 0.1) is 20.8 Å². The van der Waals surface area contributed by atoms with Gasteiger partial charge in [-0.25, -0.2) is 14.6 Å². The molecule has 1 aromatic carbocycles. The Hall–Kier alpha value is -3.42. The molecule has 1 amide bonds. The minimum atomic E-state index is -0.128. The van der Waals surface area contributed by atoms with Crippen molar-refractivity contribution in [2.45, 2.75) is 27.7 Å². The zero-order valence-electron chi connectivity index (χ0n) is 17.2. The predicted molar refractivity (Wildman–Crippen MR) is 112 cm³/mol. The van der Waals surface area contributed by atoms with E-state index < -0.39 is 0 Å². The van der Waals surface area contributed by atoms with Crippen molar-refractivity contribution in [1.29, 1.82) is 0 Å². The fraction of sp³-hybridized carbons (Fsp3) is 0.333. The van der Waals surface area contributed by atoms with E-state index in [1.807, 2.05) is 39.8 Å². The smallest absolute Gasteiger partial charge is 0.251 e. The van der Waals surface area contributed by atoms with Crippen molar-refractivity contribution in [3.63, 3.8) is 0 Å². The van der Waals surface area contributed by atoms with Gasteiger partial charge in [-0.05, 0) is 58.0 Å². The highest BCUT2D eigenvalue weighted by Gasteiger charge is 2.09. The van der Waals surface area contributed by atoms with Crippen molar-refractivity contribution in [3.8, 4) is 11.6 Å². The molecule has 0 fully saturated rings. The minimum Gasteiger partial charge on any atom is -0.494 e. The van der Waals surface area contributed by atoms with E-state index in [0.29, 0.717) is 42.7 Å². The molecular weight excluding hydrogens is 368 g/mol. The van der Waals surface area contributed by atoms with Crippen molar-refractivity contribution in [1.82, 2.24) is 25.1 Å². The van der Waals surface area contributed by atoms with Crippen LogP contribution in [-0.4, -0.2) is 45.4 Å². The molecule has 0 aliphatic heterocycles. The van der Waals surface area contributed by atoms with Gasteiger partial charge in [-0.1, -0.05) is 0 Å². The minimum absolute atomic E-state index is 0.128. The van der Waals surface area contributed by atoms with Gasteiger partial charge in [0, 0.05) is 30.4 Å². The van der Waals surface area contributed by atoms with E-state index in [4.69, 9.17) is 4.74 Å². The molecule has 0 saturated heterocycles. The van der Waals surface area contributed by atoms with Crippen LogP contribution in [0.3, 0.4) is 0 Å². The van der Waals surface area contributed by atoms with Crippen LogP contribution in [0.15, 0.2) is 36.4 Å². The molecule has 8 nitrogen and oxygen atoms in total. The molecule has 0 unspecified atom stereocenters. The third-order valence-corrected chi connectivity index (χ3v) is 4.20. The first kappa shape index (κ1) is 20.3. The molecule has 0 radical (unpaired) electrons. The Balaban J connectivity index is 1.55. The third kappa shape index (κ3) is 5.31. The first-order valence-electron chi connectivity index (χ1n) is 9.60. The average Bonchev–Trinajstić information content (AvgIpc) is 3.03. The van der Waals surface area contributed by atoms with E-state index in [9.17, 15) is 4.79 Å². The van der Waals surface area contributed by atoms with Crippen LogP contribution in [0.5, 0.6) is 5.75 Å². The molecule has 2 N–H and O–H groups in total.